The highest BCUT2D eigenvalue weighted by Gasteiger charge is 2.16. The summed E-state index contributed by atoms with van der Waals surface area (Å²) in [5, 5.41) is 11.0. The van der Waals surface area contributed by atoms with Gasteiger partial charge in [-0.15, -0.1) is 0 Å². The zero-order valence-electron chi connectivity index (χ0n) is 10.2. The topological polar surface area (TPSA) is 64.7 Å². The van der Waals surface area contributed by atoms with Crippen LogP contribution in [-0.4, -0.2) is 25.5 Å². The fourth-order valence-electron chi connectivity index (χ4n) is 1.66. The van der Waals surface area contributed by atoms with E-state index in [0.717, 1.165) is 5.69 Å². The zero-order valence-corrected chi connectivity index (χ0v) is 11.8. The average Bonchev–Trinajstić information content (AvgIpc) is 2.92. The van der Waals surface area contributed by atoms with Crippen molar-refractivity contribution in [3.63, 3.8) is 0 Å². The smallest absolute Gasteiger partial charge is 0.271 e. The van der Waals surface area contributed by atoms with Crippen LogP contribution in [-0.2, 0) is 20.1 Å². The molecule has 6 nitrogen and oxygen atoms in total. The van der Waals surface area contributed by atoms with Crippen LogP contribution in [0.15, 0.2) is 22.9 Å². The number of hydrogen-bond acceptors (Lipinski definition) is 3. The molecule has 0 bridgehead atoms. The minimum absolute atomic E-state index is 0.151. The molecule has 0 aliphatic heterocycles. The van der Waals surface area contributed by atoms with Gasteiger partial charge < -0.3 is 5.32 Å². The lowest BCUT2D eigenvalue weighted by Crippen LogP contribution is -2.27. The van der Waals surface area contributed by atoms with E-state index >= 15 is 0 Å². The molecule has 0 spiro atoms. The first-order valence-corrected chi connectivity index (χ1v) is 6.39. The van der Waals surface area contributed by atoms with Crippen molar-refractivity contribution in [2.45, 2.75) is 20.0 Å². The molecule has 96 valence electrons. The van der Waals surface area contributed by atoms with Crippen LogP contribution in [0.5, 0.6) is 0 Å². The maximum absolute atomic E-state index is 12.1. The van der Waals surface area contributed by atoms with Gasteiger partial charge in [0.2, 0.25) is 0 Å². The standard InChI is InChI=1S/C11H14BrN5O/c1-3-17-10(9(12)7-15-17)11(18)13-6-8-4-5-14-16(8)2/h4-5,7H,3,6H2,1-2H3,(H,13,18). The van der Waals surface area contributed by atoms with E-state index in [2.05, 4.69) is 31.4 Å². The van der Waals surface area contributed by atoms with Gasteiger partial charge >= 0.3 is 0 Å². The maximum atomic E-state index is 12.1. The van der Waals surface area contributed by atoms with Crippen LogP contribution in [0.3, 0.4) is 0 Å². The van der Waals surface area contributed by atoms with Gasteiger partial charge in [-0.2, -0.15) is 10.2 Å². The summed E-state index contributed by atoms with van der Waals surface area (Å²) in [5.41, 5.74) is 1.49. The summed E-state index contributed by atoms with van der Waals surface area (Å²) in [6.07, 6.45) is 3.33. The van der Waals surface area contributed by atoms with Gasteiger partial charge in [-0.3, -0.25) is 14.2 Å². The Labute approximate surface area is 113 Å². The second-order valence-electron chi connectivity index (χ2n) is 3.79. The molecule has 0 radical (unpaired) electrons. The number of hydrogen-bond donors (Lipinski definition) is 1. The lowest BCUT2D eigenvalue weighted by molar-refractivity contribution is 0.0938. The third kappa shape index (κ3) is 2.45. The van der Waals surface area contributed by atoms with Gasteiger partial charge in [-0.1, -0.05) is 0 Å². The second kappa shape index (κ2) is 5.34. The molecular weight excluding hydrogens is 298 g/mol. The first kappa shape index (κ1) is 12.8. The van der Waals surface area contributed by atoms with E-state index in [1.165, 1.54) is 0 Å². The number of aromatic nitrogens is 4. The van der Waals surface area contributed by atoms with Gasteiger partial charge in [0.25, 0.3) is 5.91 Å². The van der Waals surface area contributed by atoms with E-state index in [0.29, 0.717) is 23.3 Å². The van der Waals surface area contributed by atoms with Gasteiger partial charge in [0.15, 0.2) is 0 Å². The quantitative estimate of drug-likeness (QED) is 0.926. The molecule has 0 atom stereocenters. The van der Waals surface area contributed by atoms with Crippen LogP contribution in [0, 0.1) is 0 Å². The fourth-order valence-corrected chi connectivity index (χ4v) is 2.13. The highest BCUT2D eigenvalue weighted by atomic mass is 79.9. The van der Waals surface area contributed by atoms with E-state index in [9.17, 15) is 4.79 Å². The normalized spacial score (nSPS) is 10.6. The number of rotatable bonds is 4. The van der Waals surface area contributed by atoms with Crippen molar-refractivity contribution in [3.8, 4) is 0 Å². The Bertz CT molecular complexity index is 560. The molecular formula is C11H14BrN5O. The minimum atomic E-state index is -0.151. The maximum Gasteiger partial charge on any atom is 0.271 e. The number of carbonyl (C=O) groups is 1. The van der Waals surface area contributed by atoms with Crippen molar-refractivity contribution in [1.29, 1.82) is 0 Å². The van der Waals surface area contributed by atoms with Gasteiger partial charge in [0.05, 0.1) is 22.9 Å². The first-order valence-electron chi connectivity index (χ1n) is 5.60. The van der Waals surface area contributed by atoms with Gasteiger partial charge in [0.1, 0.15) is 5.69 Å². The molecule has 0 saturated carbocycles. The van der Waals surface area contributed by atoms with Crippen molar-refractivity contribution < 1.29 is 4.79 Å². The summed E-state index contributed by atoms with van der Waals surface area (Å²) >= 11 is 3.33. The summed E-state index contributed by atoms with van der Waals surface area (Å²) in [5.74, 6) is -0.151. The fraction of sp³-hybridized carbons (Fsp3) is 0.364. The van der Waals surface area contributed by atoms with Gasteiger partial charge in [0, 0.05) is 19.8 Å². The van der Waals surface area contributed by atoms with Crippen LogP contribution in [0.2, 0.25) is 0 Å². The lowest BCUT2D eigenvalue weighted by Gasteiger charge is -2.07. The summed E-state index contributed by atoms with van der Waals surface area (Å²) in [6, 6.07) is 1.87. The van der Waals surface area contributed by atoms with Crippen LogP contribution in [0.4, 0.5) is 0 Å². The molecule has 0 saturated heterocycles. The number of halogens is 1. The number of nitrogens with one attached hydrogen (secondary N) is 1. The van der Waals surface area contributed by atoms with E-state index < -0.39 is 0 Å². The number of carbonyl (C=O) groups excluding carboxylic acids is 1. The lowest BCUT2D eigenvalue weighted by atomic mass is 10.3. The van der Waals surface area contributed by atoms with E-state index in [4.69, 9.17) is 0 Å². The highest BCUT2D eigenvalue weighted by Crippen LogP contribution is 2.15. The summed E-state index contributed by atoms with van der Waals surface area (Å²) in [6.45, 7) is 3.04. The van der Waals surface area contributed by atoms with Crippen molar-refractivity contribution in [3.05, 3.63) is 34.3 Å². The third-order valence-corrected chi connectivity index (χ3v) is 3.24. The molecule has 2 aromatic heterocycles. The number of nitrogens with zero attached hydrogens (tertiary/aromatic N) is 4. The summed E-state index contributed by atoms with van der Waals surface area (Å²) in [4.78, 5) is 12.1. The van der Waals surface area contributed by atoms with Crippen LogP contribution in [0.25, 0.3) is 0 Å². The van der Waals surface area contributed by atoms with E-state index in [1.54, 1.807) is 21.8 Å². The molecule has 0 aromatic carbocycles. The van der Waals surface area contributed by atoms with E-state index in [1.807, 2.05) is 20.0 Å². The van der Waals surface area contributed by atoms with Crippen LogP contribution < -0.4 is 5.32 Å². The molecule has 1 N–H and O–H groups in total. The predicted molar refractivity (Wildman–Crippen MR) is 70.0 cm³/mol. The van der Waals surface area contributed by atoms with Gasteiger partial charge in [-0.25, -0.2) is 0 Å². The molecule has 0 aliphatic rings. The molecule has 7 heteroatoms. The zero-order chi connectivity index (χ0) is 13.1. The molecule has 18 heavy (non-hydrogen) atoms. The Morgan fingerprint density at radius 2 is 2.28 bits per heavy atom. The SMILES string of the molecule is CCn1ncc(Br)c1C(=O)NCc1ccnn1C. The first-order chi connectivity index (χ1) is 8.63. The average molecular weight is 312 g/mol. The predicted octanol–water partition coefficient (Wildman–Crippen LogP) is 1.33. The van der Waals surface area contributed by atoms with E-state index in [-0.39, 0.29) is 5.91 Å². The Morgan fingerprint density at radius 1 is 1.50 bits per heavy atom. The Hall–Kier alpha value is -1.63. The monoisotopic (exact) mass is 311 g/mol. The van der Waals surface area contributed by atoms with Crippen LogP contribution in [0.1, 0.15) is 23.1 Å². The third-order valence-electron chi connectivity index (χ3n) is 2.66. The highest BCUT2D eigenvalue weighted by molar-refractivity contribution is 9.10. The number of amides is 1. The molecule has 2 rings (SSSR count). The Balaban J connectivity index is 2.08. The van der Waals surface area contributed by atoms with Gasteiger partial charge in [-0.05, 0) is 28.9 Å². The summed E-state index contributed by atoms with van der Waals surface area (Å²) in [7, 11) is 1.84. The van der Waals surface area contributed by atoms with Crippen molar-refractivity contribution in [2.24, 2.45) is 7.05 Å². The molecule has 2 aromatic rings. The summed E-state index contributed by atoms with van der Waals surface area (Å²) < 4.78 is 4.08. The second-order valence-corrected chi connectivity index (χ2v) is 4.64. The molecule has 0 fully saturated rings. The molecule has 0 aliphatic carbocycles. The molecule has 0 unspecified atom stereocenters. The number of aryl methyl sites for hydroxylation is 2. The Morgan fingerprint density at radius 3 is 2.89 bits per heavy atom. The largest absolute Gasteiger partial charge is 0.345 e. The molecule has 2 heterocycles. The van der Waals surface area contributed by atoms with Crippen molar-refractivity contribution >= 4 is 21.8 Å². The van der Waals surface area contributed by atoms with Crippen LogP contribution >= 0.6 is 15.9 Å². The van der Waals surface area contributed by atoms with Crippen molar-refractivity contribution in [1.82, 2.24) is 24.9 Å². The Kier molecular flexibility index (Phi) is 3.81. The van der Waals surface area contributed by atoms with Crippen molar-refractivity contribution in [2.75, 3.05) is 0 Å². The molecule has 1 amide bonds. The minimum Gasteiger partial charge on any atom is -0.345 e.